The lowest BCUT2D eigenvalue weighted by molar-refractivity contribution is -0.137. The van der Waals surface area contributed by atoms with Gasteiger partial charge in [-0.15, -0.1) is 0 Å². The van der Waals surface area contributed by atoms with Crippen LogP contribution in [0.2, 0.25) is 0 Å². The molecule has 0 fully saturated rings. The minimum Gasteiger partial charge on any atom is -0.316 e. The number of hydrogen-bond donors (Lipinski definition) is 1. The van der Waals surface area contributed by atoms with E-state index in [4.69, 9.17) is 0 Å². The molecule has 1 N–H and O–H groups in total. The first-order valence-electron chi connectivity index (χ1n) is 3.55. The smallest absolute Gasteiger partial charge is 0.316 e. The molecule has 2 rings (SSSR count). The maximum Gasteiger partial charge on any atom is 0.336 e. The van der Waals surface area contributed by atoms with Crippen LogP contribution in [0.15, 0.2) is 28.9 Å². The van der Waals surface area contributed by atoms with E-state index in [1.54, 1.807) is 0 Å². The Morgan fingerprint density at radius 3 is 2.77 bits per heavy atom. The van der Waals surface area contributed by atoms with Crippen LogP contribution in [0.1, 0.15) is 0 Å². The molecule has 0 aromatic rings. The van der Waals surface area contributed by atoms with Crippen molar-refractivity contribution >= 4 is 23.3 Å². The molecule has 0 saturated carbocycles. The van der Waals surface area contributed by atoms with Crippen molar-refractivity contribution in [3.8, 4) is 0 Å². The highest BCUT2D eigenvalue weighted by Gasteiger charge is 2.28. The zero-order valence-corrected chi connectivity index (χ0v) is 6.40. The van der Waals surface area contributed by atoms with Gasteiger partial charge in [-0.05, 0) is 12.2 Å². The first kappa shape index (κ1) is 7.60. The van der Waals surface area contributed by atoms with Crippen LogP contribution in [-0.4, -0.2) is 23.3 Å². The van der Waals surface area contributed by atoms with Gasteiger partial charge in [0.15, 0.2) is 0 Å². The monoisotopic (exact) mass is 176 g/mol. The molecule has 64 valence electrons. The molecule has 0 radical (unpaired) electrons. The van der Waals surface area contributed by atoms with Crippen LogP contribution in [0.5, 0.6) is 0 Å². The van der Waals surface area contributed by atoms with Gasteiger partial charge in [-0.1, -0.05) is 6.08 Å². The fourth-order valence-electron chi connectivity index (χ4n) is 1.07. The average Bonchev–Trinajstić information content (AvgIpc) is 2.09. The summed E-state index contributed by atoms with van der Waals surface area (Å²) >= 11 is 0. The highest BCUT2D eigenvalue weighted by molar-refractivity contribution is 6.56. The first-order chi connectivity index (χ1) is 6.18. The molecule has 0 unspecified atom stereocenters. The van der Waals surface area contributed by atoms with Gasteiger partial charge in [0.2, 0.25) is 5.78 Å². The van der Waals surface area contributed by atoms with Gasteiger partial charge in [0.1, 0.15) is 5.71 Å². The van der Waals surface area contributed by atoms with Crippen LogP contribution in [0, 0.1) is 0 Å². The number of aliphatic imine (C=N–C) groups is 1. The van der Waals surface area contributed by atoms with Gasteiger partial charge < -0.3 is 5.32 Å². The molecular formula is C8H4N2O3. The van der Waals surface area contributed by atoms with E-state index in [9.17, 15) is 14.4 Å². The third-order valence-electron chi connectivity index (χ3n) is 1.65. The van der Waals surface area contributed by atoms with Crippen molar-refractivity contribution in [1.29, 1.82) is 0 Å². The average molecular weight is 176 g/mol. The molecule has 13 heavy (non-hydrogen) atoms. The van der Waals surface area contributed by atoms with E-state index in [-0.39, 0.29) is 17.2 Å². The Labute approximate surface area is 72.8 Å². The first-order valence-corrected chi connectivity index (χ1v) is 3.55. The van der Waals surface area contributed by atoms with Crippen molar-refractivity contribution in [3.63, 3.8) is 0 Å². The molecule has 5 nitrogen and oxygen atoms in total. The van der Waals surface area contributed by atoms with Gasteiger partial charge in [-0.2, -0.15) is 4.99 Å². The van der Waals surface area contributed by atoms with E-state index in [0.29, 0.717) is 0 Å². The summed E-state index contributed by atoms with van der Waals surface area (Å²) in [7, 11) is 0. The molecule has 2 aliphatic rings. The van der Waals surface area contributed by atoms with E-state index in [2.05, 4.69) is 10.3 Å². The summed E-state index contributed by atoms with van der Waals surface area (Å²) < 4.78 is 0. The van der Waals surface area contributed by atoms with Gasteiger partial charge in [-0.3, -0.25) is 14.4 Å². The van der Waals surface area contributed by atoms with E-state index in [1.165, 1.54) is 18.2 Å². The van der Waals surface area contributed by atoms with Gasteiger partial charge in [-0.25, -0.2) is 0 Å². The van der Waals surface area contributed by atoms with Crippen molar-refractivity contribution in [2.75, 3.05) is 0 Å². The Kier molecular flexibility index (Phi) is 1.45. The fourth-order valence-corrected chi connectivity index (χ4v) is 1.07. The highest BCUT2D eigenvalue weighted by atomic mass is 16.2. The van der Waals surface area contributed by atoms with Gasteiger partial charge in [0.05, 0.1) is 5.70 Å². The summed E-state index contributed by atoms with van der Waals surface area (Å²) in [4.78, 5) is 36.1. The SMILES string of the molecule is O=C1C=CC=C2NC(=O)C(=O)N=C12. The minimum absolute atomic E-state index is 0.00657. The second-order valence-corrected chi connectivity index (χ2v) is 2.52. The Morgan fingerprint density at radius 2 is 2.00 bits per heavy atom. The van der Waals surface area contributed by atoms with Crippen LogP contribution in [-0.2, 0) is 14.4 Å². The number of allylic oxidation sites excluding steroid dienone is 4. The molecule has 2 amide bonds. The molecule has 1 aliphatic heterocycles. The Morgan fingerprint density at radius 1 is 1.23 bits per heavy atom. The standard InChI is InChI=1S/C8H4N2O3/c11-5-3-1-2-4-6(5)10-8(13)7(12)9-4/h1-3H,(H,9,12). The normalized spacial score (nSPS) is 20.5. The van der Waals surface area contributed by atoms with E-state index < -0.39 is 11.8 Å². The van der Waals surface area contributed by atoms with Crippen molar-refractivity contribution < 1.29 is 14.4 Å². The summed E-state index contributed by atoms with van der Waals surface area (Å²) in [5.74, 6) is -2.11. The number of carbonyl (C=O) groups is 3. The molecule has 0 spiro atoms. The van der Waals surface area contributed by atoms with Gasteiger partial charge >= 0.3 is 11.8 Å². The quantitative estimate of drug-likeness (QED) is 0.384. The molecule has 0 aromatic carbocycles. The third-order valence-corrected chi connectivity index (χ3v) is 1.65. The van der Waals surface area contributed by atoms with Gasteiger partial charge in [0, 0.05) is 0 Å². The number of fused-ring (bicyclic) bond motifs is 1. The number of amides is 2. The number of rotatable bonds is 0. The molecule has 1 aliphatic carbocycles. The number of ketones is 1. The molecule has 0 aromatic heterocycles. The minimum atomic E-state index is -0.934. The third kappa shape index (κ3) is 1.10. The second kappa shape index (κ2) is 2.48. The van der Waals surface area contributed by atoms with Gasteiger partial charge in [0.25, 0.3) is 0 Å². The Balaban J connectivity index is 2.53. The number of nitrogens with zero attached hydrogens (tertiary/aromatic N) is 1. The largest absolute Gasteiger partial charge is 0.336 e. The van der Waals surface area contributed by atoms with Crippen LogP contribution < -0.4 is 5.32 Å². The lowest BCUT2D eigenvalue weighted by Gasteiger charge is -2.15. The van der Waals surface area contributed by atoms with Crippen molar-refractivity contribution in [2.24, 2.45) is 4.99 Å². The summed E-state index contributed by atoms with van der Waals surface area (Å²) in [6.45, 7) is 0. The lowest BCUT2D eigenvalue weighted by atomic mass is 10.1. The van der Waals surface area contributed by atoms with E-state index >= 15 is 0 Å². The summed E-state index contributed by atoms with van der Waals surface area (Å²) in [5.41, 5.74) is 0.296. The molecule has 0 saturated heterocycles. The molecule has 0 atom stereocenters. The van der Waals surface area contributed by atoms with E-state index in [0.717, 1.165) is 0 Å². The topological polar surface area (TPSA) is 75.6 Å². The molecule has 0 bridgehead atoms. The number of carbonyl (C=O) groups excluding carboxylic acids is 3. The zero-order chi connectivity index (χ0) is 9.42. The lowest BCUT2D eigenvalue weighted by Crippen LogP contribution is -2.41. The van der Waals surface area contributed by atoms with Crippen molar-refractivity contribution in [1.82, 2.24) is 5.32 Å². The Hall–Kier alpha value is -2.04. The maximum atomic E-state index is 11.1. The summed E-state index contributed by atoms with van der Waals surface area (Å²) in [6, 6.07) is 0. The van der Waals surface area contributed by atoms with Crippen LogP contribution >= 0.6 is 0 Å². The zero-order valence-electron chi connectivity index (χ0n) is 6.40. The number of nitrogens with one attached hydrogen (secondary N) is 1. The van der Waals surface area contributed by atoms with Crippen LogP contribution in [0.25, 0.3) is 0 Å². The predicted molar refractivity (Wildman–Crippen MR) is 42.8 cm³/mol. The van der Waals surface area contributed by atoms with Crippen molar-refractivity contribution in [2.45, 2.75) is 0 Å². The molecular weight excluding hydrogens is 172 g/mol. The van der Waals surface area contributed by atoms with Crippen LogP contribution in [0.3, 0.4) is 0 Å². The number of hydrogen-bond acceptors (Lipinski definition) is 3. The maximum absolute atomic E-state index is 11.1. The molecule has 1 heterocycles. The summed E-state index contributed by atoms with van der Waals surface area (Å²) in [5, 5.41) is 2.27. The van der Waals surface area contributed by atoms with Crippen LogP contribution in [0.4, 0.5) is 0 Å². The highest BCUT2D eigenvalue weighted by Crippen LogP contribution is 2.08. The predicted octanol–water partition coefficient (Wildman–Crippen LogP) is -0.893. The van der Waals surface area contributed by atoms with E-state index in [1.807, 2.05) is 0 Å². The molecule has 5 heteroatoms. The van der Waals surface area contributed by atoms with Crippen molar-refractivity contribution in [3.05, 3.63) is 23.9 Å². The second-order valence-electron chi connectivity index (χ2n) is 2.52. The summed E-state index contributed by atoms with van der Waals surface area (Å²) in [6.07, 6.45) is 4.30. The Bertz CT molecular complexity index is 413. The fraction of sp³-hybridized carbons (Fsp3) is 0.